The summed E-state index contributed by atoms with van der Waals surface area (Å²) in [7, 11) is 0. The summed E-state index contributed by atoms with van der Waals surface area (Å²) < 4.78 is 0. The van der Waals surface area contributed by atoms with Gasteiger partial charge in [0.1, 0.15) is 0 Å². The van der Waals surface area contributed by atoms with Crippen LogP contribution in [-0.2, 0) is 0 Å². The van der Waals surface area contributed by atoms with Crippen LogP contribution < -0.4 is 0 Å². The maximum Gasteiger partial charge on any atom is 0.0647 e. The maximum absolute atomic E-state index is 8.92. The van der Waals surface area contributed by atoms with Crippen molar-refractivity contribution in [1.82, 2.24) is 0 Å². The molecule has 92 valence electrons. The van der Waals surface area contributed by atoms with E-state index in [-0.39, 0.29) is 12.6 Å². The number of hydrogen-bond acceptors (Lipinski definition) is 2. The molecule has 2 atom stereocenters. The van der Waals surface area contributed by atoms with E-state index in [1.54, 1.807) is 0 Å². The molecule has 0 aromatic heterocycles. The number of benzene rings is 1. The lowest BCUT2D eigenvalue weighted by Gasteiger charge is -2.13. The summed E-state index contributed by atoms with van der Waals surface area (Å²) in [6.07, 6.45) is 1.57. The first-order chi connectivity index (χ1) is 8.22. The van der Waals surface area contributed by atoms with Gasteiger partial charge in [0, 0.05) is 11.5 Å². The van der Waals surface area contributed by atoms with Gasteiger partial charge in [0.15, 0.2) is 0 Å². The number of azide groups is 1. The Balaban J connectivity index is 2.87. The van der Waals surface area contributed by atoms with Crippen LogP contribution in [0.15, 0.2) is 29.4 Å². The molecule has 1 rings (SSSR count). The molecule has 0 saturated carbocycles. The smallest absolute Gasteiger partial charge is 0.0647 e. The molecule has 0 aliphatic rings. The molecule has 0 heterocycles. The van der Waals surface area contributed by atoms with Crippen LogP contribution in [0, 0.1) is 0 Å². The van der Waals surface area contributed by atoms with E-state index >= 15 is 0 Å². The fraction of sp³-hybridized carbons (Fsp3) is 0.538. The molecule has 0 aliphatic heterocycles. The van der Waals surface area contributed by atoms with E-state index in [4.69, 9.17) is 10.6 Å². The largest absolute Gasteiger partial charge is 0.396 e. The predicted octanol–water partition coefficient (Wildman–Crippen LogP) is 3.93. The van der Waals surface area contributed by atoms with Gasteiger partial charge in [-0.1, -0.05) is 43.2 Å². The third kappa shape index (κ3) is 3.77. The van der Waals surface area contributed by atoms with Gasteiger partial charge in [-0.3, -0.25) is 0 Å². The van der Waals surface area contributed by atoms with Crippen molar-refractivity contribution in [2.75, 3.05) is 6.61 Å². The molecule has 0 bridgehead atoms. The Morgan fingerprint density at radius 1 is 1.29 bits per heavy atom. The number of hydrogen-bond donors (Lipinski definition) is 1. The highest BCUT2D eigenvalue weighted by molar-refractivity contribution is 5.27. The summed E-state index contributed by atoms with van der Waals surface area (Å²) in [6, 6.07) is 7.84. The van der Waals surface area contributed by atoms with Crippen LogP contribution in [0.25, 0.3) is 10.4 Å². The van der Waals surface area contributed by atoms with Crippen LogP contribution in [-0.4, -0.2) is 11.7 Å². The maximum atomic E-state index is 8.92. The zero-order valence-corrected chi connectivity index (χ0v) is 10.4. The number of aliphatic hydroxyl groups excluding tert-OH is 1. The second kappa shape index (κ2) is 6.94. The lowest BCUT2D eigenvalue weighted by Crippen LogP contribution is -1.99. The minimum absolute atomic E-state index is 0.0246. The van der Waals surface area contributed by atoms with Crippen LogP contribution in [0.4, 0.5) is 0 Å². The lowest BCUT2D eigenvalue weighted by atomic mass is 9.95. The molecule has 0 aliphatic carbocycles. The standard InChI is InChI=1S/C13H19N3O/c1-3-10(2)11-4-6-12(7-5-11)13(8-9-17)15-16-14/h4-7,10,13,17H,3,8-9H2,1-2H3. The first-order valence-corrected chi connectivity index (χ1v) is 5.97. The number of aliphatic hydroxyl groups is 1. The molecular formula is C13H19N3O. The monoisotopic (exact) mass is 233 g/mol. The normalized spacial score (nSPS) is 13.8. The van der Waals surface area contributed by atoms with Crippen LogP contribution >= 0.6 is 0 Å². The van der Waals surface area contributed by atoms with Crippen molar-refractivity contribution in [3.8, 4) is 0 Å². The topological polar surface area (TPSA) is 69.0 Å². The fourth-order valence-corrected chi connectivity index (χ4v) is 1.76. The lowest BCUT2D eigenvalue weighted by molar-refractivity contribution is 0.276. The van der Waals surface area contributed by atoms with Gasteiger partial charge < -0.3 is 5.11 Å². The molecular weight excluding hydrogens is 214 g/mol. The summed E-state index contributed by atoms with van der Waals surface area (Å²) in [5.41, 5.74) is 10.7. The van der Waals surface area contributed by atoms with E-state index in [0.717, 1.165) is 12.0 Å². The summed E-state index contributed by atoms with van der Waals surface area (Å²) in [5.74, 6) is 0.541. The average molecular weight is 233 g/mol. The SMILES string of the molecule is CCC(C)c1ccc(C(CCO)N=[N+]=[N-])cc1. The zero-order valence-electron chi connectivity index (χ0n) is 10.4. The number of nitrogens with zero attached hydrogens (tertiary/aromatic N) is 3. The Labute approximate surface area is 102 Å². The highest BCUT2D eigenvalue weighted by Gasteiger charge is 2.09. The minimum Gasteiger partial charge on any atom is -0.396 e. The van der Waals surface area contributed by atoms with Gasteiger partial charge >= 0.3 is 0 Å². The van der Waals surface area contributed by atoms with Gasteiger partial charge in [-0.05, 0) is 35.4 Å². The van der Waals surface area contributed by atoms with Gasteiger partial charge in [0.2, 0.25) is 0 Å². The van der Waals surface area contributed by atoms with Crippen molar-refractivity contribution in [2.45, 2.75) is 38.6 Å². The minimum atomic E-state index is -0.268. The molecule has 0 fully saturated rings. The Bertz CT molecular complexity index is 382. The summed E-state index contributed by atoms with van der Waals surface area (Å²) in [4.78, 5) is 2.82. The molecule has 2 unspecified atom stereocenters. The van der Waals surface area contributed by atoms with Crippen molar-refractivity contribution < 1.29 is 5.11 Å². The second-order valence-electron chi connectivity index (χ2n) is 4.21. The predicted molar refractivity (Wildman–Crippen MR) is 68.7 cm³/mol. The molecule has 4 heteroatoms. The Morgan fingerprint density at radius 2 is 1.88 bits per heavy atom. The van der Waals surface area contributed by atoms with Crippen LogP contribution in [0.1, 0.15) is 49.8 Å². The quantitative estimate of drug-likeness (QED) is 0.451. The van der Waals surface area contributed by atoms with Crippen LogP contribution in [0.2, 0.25) is 0 Å². The van der Waals surface area contributed by atoms with E-state index in [9.17, 15) is 0 Å². The molecule has 0 amide bonds. The molecule has 0 radical (unpaired) electrons. The summed E-state index contributed by atoms with van der Waals surface area (Å²) in [5, 5.41) is 12.6. The second-order valence-corrected chi connectivity index (χ2v) is 4.21. The summed E-state index contributed by atoms with van der Waals surface area (Å²) >= 11 is 0. The highest BCUT2D eigenvalue weighted by atomic mass is 16.3. The van der Waals surface area contributed by atoms with E-state index in [1.165, 1.54) is 5.56 Å². The third-order valence-corrected chi connectivity index (χ3v) is 3.10. The zero-order chi connectivity index (χ0) is 12.7. The number of rotatable bonds is 6. The molecule has 4 nitrogen and oxygen atoms in total. The first kappa shape index (κ1) is 13.6. The van der Waals surface area contributed by atoms with Crippen LogP contribution in [0.3, 0.4) is 0 Å². The highest BCUT2D eigenvalue weighted by Crippen LogP contribution is 2.24. The molecule has 0 spiro atoms. The van der Waals surface area contributed by atoms with Crippen LogP contribution in [0.5, 0.6) is 0 Å². The van der Waals surface area contributed by atoms with Gasteiger partial charge in [0.25, 0.3) is 0 Å². The average Bonchev–Trinajstić information content (AvgIpc) is 2.38. The van der Waals surface area contributed by atoms with E-state index < -0.39 is 0 Å². The van der Waals surface area contributed by atoms with Gasteiger partial charge in [-0.25, -0.2) is 0 Å². The van der Waals surface area contributed by atoms with Crippen molar-refractivity contribution in [3.05, 3.63) is 45.8 Å². The van der Waals surface area contributed by atoms with E-state index in [1.807, 2.05) is 12.1 Å². The van der Waals surface area contributed by atoms with E-state index in [2.05, 4.69) is 36.0 Å². The van der Waals surface area contributed by atoms with Crippen molar-refractivity contribution in [1.29, 1.82) is 0 Å². The molecule has 1 N–H and O–H groups in total. The van der Waals surface area contributed by atoms with Gasteiger partial charge in [0.05, 0.1) is 6.04 Å². The van der Waals surface area contributed by atoms with Crippen molar-refractivity contribution >= 4 is 0 Å². The fourth-order valence-electron chi connectivity index (χ4n) is 1.76. The van der Waals surface area contributed by atoms with Gasteiger partial charge in [-0.2, -0.15) is 0 Å². The Kier molecular flexibility index (Phi) is 5.53. The van der Waals surface area contributed by atoms with Crippen molar-refractivity contribution in [2.24, 2.45) is 5.11 Å². The molecule has 17 heavy (non-hydrogen) atoms. The van der Waals surface area contributed by atoms with E-state index in [0.29, 0.717) is 12.3 Å². The third-order valence-electron chi connectivity index (χ3n) is 3.10. The Morgan fingerprint density at radius 3 is 2.35 bits per heavy atom. The molecule has 0 saturated heterocycles. The first-order valence-electron chi connectivity index (χ1n) is 5.97. The molecule has 1 aromatic rings. The Hall–Kier alpha value is -1.51. The van der Waals surface area contributed by atoms with Crippen molar-refractivity contribution in [3.63, 3.8) is 0 Å². The molecule has 1 aromatic carbocycles. The summed E-state index contributed by atoms with van der Waals surface area (Å²) in [6.45, 7) is 4.37. The van der Waals surface area contributed by atoms with Gasteiger partial charge in [-0.15, -0.1) is 0 Å².